The lowest BCUT2D eigenvalue weighted by Crippen LogP contribution is -2.27. The third-order valence-electron chi connectivity index (χ3n) is 5.04. The standard InChI is InChI=1S/C20H22N4O6/c1-28-17-6-12(2-4-16(17)23-10-15(11-25)30-19(23)26)13-3-5-18(22-8-13)24-9-14(7-21)29-20(24)27/h2-6,8,14-15,25H,7,9-11,21H2,1H3. The molecule has 2 saturated heterocycles. The van der Waals surface area contributed by atoms with E-state index in [1.54, 1.807) is 24.4 Å². The second kappa shape index (κ2) is 8.17. The Morgan fingerprint density at radius 2 is 1.80 bits per heavy atom. The van der Waals surface area contributed by atoms with Crippen LogP contribution in [-0.4, -0.2) is 67.8 Å². The molecule has 4 rings (SSSR count). The number of cyclic esters (lactones) is 2. The normalized spacial score (nSPS) is 21.0. The van der Waals surface area contributed by atoms with Crippen molar-refractivity contribution in [3.8, 4) is 16.9 Å². The quantitative estimate of drug-likeness (QED) is 0.725. The van der Waals surface area contributed by atoms with Crippen molar-refractivity contribution < 1.29 is 28.9 Å². The maximum absolute atomic E-state index is 12.1. The first-order valence-corrected chi connectivity index (χ1v) is 9.45. The molecule has 2 atom stereocenters. The highest BCUT2D eigenvalue weighted by Crippen LogP contribution is 2.35. The molecule has 0 bridgehead atoms. The highest BCUT2D eigenvalue weighted by atomic mass is 16.6. The Balaban J connectivity index is 1.56. The molecular formula is C20H22N4O6. The first-order valence-electron chi connectivity index (χ1n) is 9.45. The Hall–Kier alpha value is -3.37. The van der Waals surface area contributed by atoms with Crippen LogP contribution in [-0.2, 0) is 9.47 Å². The minimum absolute atomic E-state index is 0.239. The predicted octanol–water partition coefficient (Wildman–Crippen LogP) is 1.36. The van der Waals surface area contributed by atoms with Crippen LogP contribution in [0.5, 0.6) is 5.75 Å². The van der Waals surface area contributed by atoms with Gasteiger partial charge in [0, 0.05) is 18.3 Å². The average molecular weight is 414 g/mol. The Bertz CT molecular complexity index is 951. The van der Waals surface area contributed by atoms with E-state index in [9.17, 15) is 14.7 Å². The van der Waals surface area contributed by atoms with Crippen LogP contribution in [0.15, 0.2) is 36.5 Å². The van der Waals surface area contributed by atoms with Gasteiger partial charge in [-0.1, -0.05) is 6.07 Å². The number of nitrogens with two attached hydrogens (primary N) is 1. The van der Waals surface area contributed by atoms with Crippen LogP contribution in [0.25, 0.3) is 11.1 Å². The topological polar surface area (TPSA) is 127 Å². The Labute approximate surface area is 172 Å². The number of aliphatic hydroxyl groups is 1. The third-order valence-corrected chi connectivity index (χ3v) is 5.04. The SMILES string of the molecule is COc1cc(-c2ccc(N3CC(CN)OC3=O)nc2)ccc1N1CC(CO)OC1=O. The van der Waals surface area contributed by atoms with E-state index >= 15 is 0 Å². The van der Waals surface area contributed by atoms with Crippen LogP contribution in [0.1, 0.15) is 0 Å². The van der Waals surface area contributed by atoms with Gasteiger partial charge in [-0.2, -0.15) is 0 Å². The lowest BCUT2D eigenvalue weighted by Gasteiger charge is -2.18. The number of benzene rings is 1. The summed E-state index contributed by atoms with van der Waals surface area (Å²) in [4.78, 5) is 31.3. The van der Waals surface area contributed by atoms with E-state index in [2.05, 4.69) is 4.98 Å². The van der Waals surface area contributed by atoms with Gasteiger partial charge in [0.25, 0.3) is 0 Å². The van der Waals surface area contributed by atoms with Gasteiger partial charge in [0.15, 0.2) is 0 Å². The summed E-state index contributed by atoms with van der Waals surface area (Å²) in [6.45, 7) is 0.634. The zero-order chi connectivity index (χ0) is 21.3. The number of ether oxygens (including phenoxy) is 3. The van der Waals surface area contributed by atoms with Gasteiger partial charge in [-0.3, -0.25) is 9.80 Å². The molecular weight excluding hydrogens is 392 g/mol. The van der Waals surface area contributed by atoms with Crippen LogP contribution in [0.4, 0.5) is 21.1 Å². The molecule has 2 aliphatic heterocycles. The number of hydrogen-bond acceptors (Lipinski definition) is 8. The first-order chi connectivity index (χ1) is 14.5. The smallest absolute Gasteiger partial charge is 0.415 e. The van der Waals surface area contributed by atoms with Gasteiger partial charge >= 0.3 is 12.2 Å². The summed E-state index contributed by atoms with van der Waals surface area (Å²) in [6.07, 6.45) is -0.235. The van der Waals surface area contributed by atoms with Crippen LogP contribution in [0.2, 0.25) is 0 Å². The van der Waals surface area contributed by atoms with Crippen LogP contribution in [0.3, 0.4) is 0 Å². The number of aromatic nitrogens is 1. The number of anilines is 2. The first kappa shape index (κ1) is 19.9. The highest BCUT2D eigenvalue weighted by molar-refractivity contribution is 5.92. The molecule has 1 aromatic heterocycles. The molecule has 10 nitrogen and oxygen atoms in total. The van der Waals surface area contributed by atoms with Crippen molar-refractivity contribution in [2.75, 3.05) is 43.2 Å². The van der Waals surface area contributed by atoms with Gasteiger partial charge in [0.1, 0.15) is 23.8 Å². The molecule has 1 aromatic carbocycles. The molecule has 30 heavy (non-hydrogen) atoms. The molecule has 2 fully saturated rings. The van der Waals surface area contributed by atoms with E-state index in [4.69, 9.17) is 19.9 Å². The van der Waals surface area contributed by atoms with E-state index in [0.29, 0.717) is 23.8 Å². The minimum atomic E-state index is -0.560. The van der Waals surface area contributed by atoms with Gasteiger partial charge in [-0.25, -0.2) is 14.6 Å². The molecule has 3 N–H and O–H groups in total. The maximum atomic E-state index is 12.1. The zero-order valence-corrected chi connectivity index (χ0v) is 16.4. The van der Waals surface area contributed by atoms with E-state index in [1.165, 1.54) is 16.9 Å². The summed E-state index contributed by atoms with van der Waals surface area (Å²) in [7, 11) is 1.52. The van der Waals surface area contributed by atoms with E-state index in [1.807, 2.05) is 12.1 Å². The van der Waals surface area contributed by atoms with Crippen LogP contribution >= 0.6 is 0 Å². The van der Waals surface area contributed by atoms with Crippen molar-refractivity contribution in [2.24, 2.45) is 5.73 Å². The monoisotopic (exact) mass is 414 g/mol. The molecule has 2 aromatic rings. The molecule has 10 heteroatoms. The predicted molar refractivity (Wildman–Crippen MR) is 108 cm³/mol. The lowest BCUT2D eigenvalue weighted by atomic mass is 10.1. The Morgan fingerprint density at radius 1 is 1.10 bits per heavy atom. The number of aliphatic hydroxyl groups excluding tert-OH is 1. The molecule has 158 valence electrons. The molecule has 2 aliphatic rings. The van der Waals surface area contributed by atoms with Gasteiger partial charge in [-0.15, -0.1) is 0 Å². The van der Waals surface area contributed by atoms with E-state index in [-0.39, 0.29) is 25.8 Å². The fraction of sp³-hybridized carbons (Fsp3) is 0.350. The molecule has 0 saturated carbocycles. The number of nitrogens with zero attached hydrogens (tertiary/aromatic N) is 3. The van der Waals surface area contributed by atoms with Gasteiger partial charge in [-0.05, 0) is 29.8 Å². The Morgan fingerprint density at radius 3 is 2.40 bits per heavy atom. The number of amides is 2. The van der Waals surface area contributed by atoms with Gasteiger partial charge in [0.05, 0.1) is 32.5 Å². The number of carbonyl (C=O) groups excluding carboxylic acids is 2. The van der Waals surface area contributed by atoms with Crippen LogP contribution < -0.4 is 20.3 Å². The summed E-state index contributed by atoms with van der Waals surface area (Å²) in [5.74, 6) is 0.971. The number of carbonyl (C=O) groups is 2. The number of pyridine rings is 1. The summed E-state index contributed by atoms with van der Waals surface area (Å²) < 4.78 is 15.7. The van der Waals surface area contributed by atoms with Crippen molar-refractivity contribution in [3.63, 3.8) is 0 Å². The van der Waals surface area contributed by atoms with E-state index in [0.717, 1.165) is 11.1 Å². The fourth-order valence-electron chi connectivity index (χ4n) is 3.44. The second-order valence-corrected chi connectivity index (χ2v) is 6.94. The minimum Gasteiger partial charge on any atom is -0.495 e. The second-order valence-electron chi connectivity index (χ2n) is 6.94. The largest absolute Gasteiger partial charge is 0.495 e. The number of methoxy groups -OCH3 is 1. The average Bonchev–Trinajstić information content (AvgIpc) is 3.35. The van der Waals surface area contributed by atoms with Crippen molar-refractivity contribution in [2.45, 2.75) is 12.2 Å². The summed E-state index contributed by atoms with van der Waals surface area (Å²) in [5.41, 5.74) is 7.75. The summed E-state index contributed by atoms with van der Waals surface area (Å²) in [6, 6.07) is 8.96. The molecule has 0 aliphatic carbocycles. The fourth-order valence-corrected chi connectivity index (χ4v) is 3.44. The van der Waals surface area contributed by atoms with E-state index < -0.39 is 18.3 Å². The van der Waals surface area contributed by atoms with Gasteiger partial charge < -0.3 is 25.1 Å². The van der Waals surface area contributed by atoms with Crippen molar-refractivity contribution in [1.29, 1.82) is 0 Å². The Kier molecular flexibility index (Phi) is 5.42. The third kappa shape index (κ3) is 3.62. The number of rotatable bonds is 6. The molecule has 0 spiro atoms. The summed E-state index contributed by atoms with van der Waals surface area (Å²) in [5, 5.41) is 9.23. The molecule has 2 amide bonds. The van der Waals surface area contributed by atoms with Crippen molar-refractivity contribution in [3.05, 3.63) is 36.5 Å². The summed E-state index contributed by atoms with van der Waals surface area (Å²) >= 11 is 0. The molecule has 0 radical (unpaired) electrons. The zero-order valence-electron chi connectivity index (χ0n) is 16.4. The van der Waals surface area contributed by atoms with Crippen LogP contribution in [0, 0.1) is 0 Å². The number of hydrogen-bond donors (Lipinski definition) is 2. The van der Waals surface area contributed by atoms with Crippen molar-refractivity contribution in [1.82, 2.24) is 4.98 Å². The molecule has 2 unspecified atom stereocenters. The highest BCUT2D eigenvalue weighted by Gasteiger charge is 2.34. The van der Waals surface area contributed by atoms with Gasteiger partial charge in [0.2, 0.25) is 0 Å². The molecule has 3 heterocycles. The van der Waals surface area contributed by atoms with Crippen molar-refractivity contribution >= 4 is 23.7 Å². The maximum Gasteiger partial charge on any atom is 0.415 e. The lowest BCUT2D eigenvalue weighted by molar-refractivity contribution is 0.0963.